The number of ether oxygens (including phenoxy) is 1. The van der Waals surface area contributed by atoms with Gasteiger partial charge in [-0.1, -0.05) is 0 Å². The first-order valence-electron chi connectivity index (χ1n) is 10.5. The van der Waals surface area contributed by atoms with Gasteiger partial charge in [-0.25, -0.2) is 9.37 Å². The zero-order valence-corrected chi connectivity index (χ0v) is 17.9. The Morgan fingerprint density at radius 3 is 2.64 bits per heavy atom. The fourth-order valence-electron chi connectivity index (χ4n) is 3.97. The molecule has 5 rings (SSSR count). The molecular weight excluding hydrogens is 427 g/mol. The minimum absolute atomic E-state index is 0.0191. The Labute approximate surface area is 188 Å². The van der Waals surface area contributed by atoms with Crippen LogP contribution in [0.4, 0.5) is 27.4 Å². The molecule has 0 atom stereocenters. The van der Waals surface area contributed by atoms with Crippen molar-refractivity contribution in [3.05, 3.63) is 76.4 Å². The van der Waals surface area contributed by atoms with Gasteiger partial charge in [-0.15, -0.1) is 0 Å². The second kappa shape index (κ2) is 8.47. The van der Waals surface area contributed by atoms with Crippen LogP contribution in [0.15, 0.2) is 54.9 Å². The van der Waals surface area contributed by atoms with Gasteiger partial charge in [-0.3, -0.25) is 14.7 Å². The number of morpholine rings is 1. The van der Waals surface area contributed by atoms with Crippen molar-refractivity contribution in [2.75, 3.05) is 36.5 Å². The molecule has 1 aliphatic heterocycles. The highest BCUT2D eigenvalue weighted by atomic mass is 19.1. The predicted molar refractivity (Wildman–Crippen MR) is 123 cm³/mol. The molecule has 2 aromatic heterocycles. The number of fused-ring (bicyclic) bond motifs is 1. The van der Waals surface area contributed by atoms with E-state index in [0.717, 1.165) is 36.2 Å². The summed E-state index contributed by atoms with van der Waals surface area (Å²) in [6.07, 6.45) is 2.82. The first kappa shape index (κ1) is 20.8. The highest BCUT2D eigenvalue weighted by Gasteiger charge is 2.17. The summed E-state index contributed by atoms with van der Waals surface area (Å²) in [5, 5.41) is 14.9. The van der Waals surface area contributed by atoms with E-state index in [2.05, 4.69) is 20.2 Å². The van der Waals surface area contributed by atoms with Crippen molar-refractivity contribution in [3.8, 4) is 5.82 Å². The average molecular weight is 448 g/mol. The van der Waals surface area contributed by atoms with Gasteiger partial charge in [-0.05, 0) is 42.8 Å². The quantitative estimate of drug-likeness (QED) is 0.358. The summed E-state index contributed by atoms with van der Waals surface area (Å²) in [5.41, 5.74) is 3.26. The van der Waals surface area contributed by atoms with Crippen LogP contribution in [0.25, 0.3) is 16.7 Å². The molecule has 0 aliphatic carbocycles. The molecule has 0 bridgehead atoms. The van der Waals surface area contributed by atoms with Crippen LogP contribution in [0.3, 0.4) is 0 Å². The first-order chi connectivity index (χ1) is 16.0. The van der Waals surface area contributed by atoms with E-state index in [0.29, 0.717) is 24.1 Å². The smallest absolute Gasteiger partial charge is 0.270 e. The summed E-state index contributed by atoms with van der Waals surface area (Å²) < 4.78 is 21.7. The molecule has 1 aliphatic rings. The lowest BCUT2D eigenvalue weighted by atomic mass is 10.2. The molecule has 4 aromatic rings. The van der Waals surface area contributed by atoms with Crippen molar-refractivity contribution in [2.45, 2.75) is 6.92 Å². The zero-order chi connectivity index (χ0) is 22.9. The summed E-state index contributed by atoms with van der Waals surface area (Å²) in [6, 6.07) is 12.3. The van der Waals surface area contributed by atoms with Crippen molar-refractivity contribution in [1.82, 2.24) is 14.5 Å². The number of hydrogen-bond acceptors (Lipinski definition) is 7. The van der Waals surface area contributed by atoms with Crippen LogP contribution in [-0.4, -0.2) is 45.8 Å². The van der Waals surface area contributed by atoms with Gasteiger partial charge < -0.3 is 15.0 Å². The van der Waals surface area contributed by atoms with E-state index in [-0.39, 0.29) is 17.5 Å². The molecule has 1 saturated heterocycles. The topological polar surface area (TPSA) is 98.4 Å². The fourth-order valence-corrected chi connectivity index (χ4v) is 3.97. The van der Waals surface area contributed by atoms with E-state index in [1.54, 1.807) is 16.8 Å². The van der Waals surface area contributed by atoms with Crippen molar-refractivity contribution in [1.29, 1.82) is 0 Å². The molecular formula is C23H21FN6O3. The maximum absolute atomic E-state index is 14.7. The molecule has 33 heavy (non-hydrogen) atoms. The Kier molecular flexibility index (Phi) is 5.35. The van der Waals surface area contributed by atoms with Gasteiger partial charge >= 0.3 is 0 Å². The highest BCUT2D eigenvalue weighted by molar-refractivity contribution is 5.87. The minimum atomic E-state index is -0.599. The first-order valence-corrected chi connectivity index (χ1v) is 10.5. The number of non-ortho nitro benzene ring substituents is 1. The van der Waals surface area contributed by atoms with Gasteiger partial charge in [0.15, 0.2) is 11.6 Å². The number of aromatic nitrogens is 3. The van der Waals surface area contributed by atoms with E-state index in [9.17, 15) is 14.5 Å². The molecule has 9 nitrogen and oxygen atoms in total. The van der Waals surface area contributed by atoms with E-state index >= 15 is 0 Å². The lowest BCUT2D eigenvalue weighted by molar-refractivity contribution is -0.384. The van der Waals surface area contributed by atoms with E-state index in [1.807, 2.05) is 31.2 Å². The molecule has 1 N–H and O–H groups in total. The molecule has 0 unspecified atom stereocenters. The molecule has 0 saturated carbocycles. The second-order valence-corrected chi connectivity index (χ2v) is 7.78. The van der Waals surface area contributed by atoms with Crippen molar-refractivity contribution >= 4 is 33.9 Å². The monoisotopic (exact) mass is 448 g/mol. The van der Waals surface area contributed by atoms with Gasteiger partial charge in [0.2, 0.25) is 5.95 Å². The molecule has 1 fully saturated rings. The SMILES string of the molecule is Cc1cn(-c2nc(Nc3ccc(N4CCOCC4)cc3)ncc2F)c2ccc([N+](=O)[O-])cc12. The summed E-state index contributed by atoms with van der Waals surface area (Å²) >= 11 is 0. The Balaban J connectivity index is 1.43. The third kappa shape index (κ3) is 4.08. The third-order valence-corrected chi connectivity index (χ3v) is 5.65. The molecule has 10 heteroatoms. The summed E-state index contributed by atoms with van der Waals surface area (Å²) in [7, 11) is 0. The maximum atomic E-state index is 14.7. The zero-order valence-electron chi connectivity index (χ0n) is 17.9. The minimum Gasteiger partial charge on any atom is -0.378 e. The van der Waals surface area contributed by atoms with Crippen molar-refractivity contribution in [2.24, 2.45) is 0 Å². The largest absolute Gasteiger partial charge is 0.378 e. The van der Waals surface area contributed by atoms with Crippen LogP contribution in [0.1, 0.15) is 5.56 Å². The molecule has 0 spiro atoms. The lowest BCUT2D eigenvalue weighted by Gasteiger charge is -2.28. The van der Waals surface area contributed by atoms with E-state index in [4.69, 9.17) is 4.74 Å². The molecule has 168 valence electrons. The van der Waals surface area contributed by atoms with Gasteiger partial charge in [-0.2, -0.15) is 4.98 Å². The predicted octanol–water partition coefficient (Wildman–Crippen LogP) is 4.36. The molecule has 2 aromatic carbocycles. The van der Waals surface area contributed by atoms with Crippen LogP contribution in [0, 0.1) is 22.9 Å². The van der Waals surface area contributed by atoms with Gasteiger partial charge in [0.05, 0.1) is 29.9 Å². The van der Waals surface area contributed by atoms with E-state index < -0.39 is 10.7 Å². The van der Waals surface area contributed by atoms with Crippen LogP contribution in [0.2, 0.25) is 0 Å². The average Bonchev–Trinajstić information content (AvgIpc) is 3.17. The lowest BCUT2D eigenvalue weighted by Crippen LogP contribution is -2.36. The number of nitro benzene ring substituents is 1. The number of rotatable bonds is 5. The number of benzene rings is 2. The molecule has 0 radical (unpaired) electrons. The molecule has 0 amide bonds. The van der Waals surface area contributed by atoms with Gasteiger partial charge in [0, 0.05) is 48.2 Å². The summed E-state index contributed by atoms with van der Waals surface area (Å²) in [5.74, 6) is -0.296. The van der Waals surface area contributed by atoms with Crippen LogP contribution in [-0.2, 0) is 4.74 Å². The maximum Gasteiger partial charge on any atom is 0.270 e. The van der Waals surface area contributed by atoms with Gasteiger partial charge in [0.25, 0.3) is 5.69 Å². The number of nitro groups is 1. The molecule has 3 heterocycles. The Morgan fingerprint density at radius 1 is 1.15 bits per heavy atom. The van der Waals surface area contributed by atoms with Crippen LogP contribution in [0.5, 0.6) is 0 Å². The number of anilines is 3. The van der Waals surface area contributed by atoms with Crippen molar-refractivity contribution < 1.29 is 14.1 Å². The highest BCUT2D eigenvalue weighted by Crippen LogP contribution is 2.29. The second-order valence-electron chi connectivity index (χ2n) is 7.78. The van der Waals surface area contributed by atoms with Crippen molar-refractivity contribution in [3.63, 3.8) is 0 Å². The Hall–Kier alpha value is -4.05. The van der Waals surface area contributed by atoms with Gasteiger partial charge in [0.1, 0.15) is 0 Å². The number of halogens is 1. The Bertz CT molecular complexity index is 1330. The standard InChI is InChI=1S/C23H21FN6O3/c1-15-14-29(21-7-6-18(30(31)32)12-19(15)21)22-20(24)13-25-23(27-22)26-16-2-4-17(5-3-16)28-8-10-33-11-9-28/h2-7,12-14H,8-11H2,1H3,(H,25,26,27). The third-order valence-electron chi connectivity index (χ3n) is 5.65. The normalized spacial score (nSPS) is 13.9. The fraction of sp³-hybridized carbons (Fsp3) is 0.217. The van der Waals surface area contributed by atoms with E-state index in [1.165, 1.54) is 12.1 Å². The number of nitrogens with one attached hydrogen (secondary N) is 1. The van der Waals surface area contributed by atoms with Crippen LogP contribution < -0.4 is 10.2 Å². The summed E-state index contributed by atoms with van der Waals surface area (Å²) in [4.78, 5) is 21.4. The number of aryl methyl sites for hydroxylation is 1. The summed E-state index contributed by atoms with van der Waals surface area (Å²) in [6.45, 7) is 4.95. The van der Waals surface area contributed by atoms with Crippen LogP contribution >= 0.6 is 0 Å². The number of hydrogen-bond donors (Lipinski definition) is 1. The Morgan fingerprint density at radius 2 is 1.91 bits per heavy atom. The number of nitrogens with zero attached hydrogens (tertiary/aromatic N) is 5.